The number of fused-ring (bicyclic) bond motifs is 1. The summed E-state index contributed by atoms with van der Waals surface area (Å²) in [5, 5.41) is 26.3. The molecule has 0 bridgehead atoms. The number of nitrogens with zero attached hydrogens (tertiary/aromatic N) is 2. The highest BCUT2D eigenvalue weighted by molar-refractivity contribution is 5.89. The molecule has 0 fully saturated rings. The summed E-state index contributed by atoms with van der Waals surface area (Å²) >= 11 is 0. The van der Waals surface area contributed by atoms with Crippen LogP contribution in [0.15, 0.2) is 97.1 Å². The molecule has 0 amide bonds. The van der Waals surface area contributed by atoms with Gasteiger partial charge in [-0.15, -0.1) is 5.10 Å². The fraction of sp³-hybridized carbons (Fsp3) is 0.211. The molecule has 0 radical (unpaired) electrons. The van der Waals surface area contributed by atoms with Gasteiger partial charge in [-0.1, -0.05) is 74.5 Å². The summed E-state index contributed by atoms with van der Waals surface area (Å²) in [5.41, 5.74) is 6.48. The highest BCUT2D eigenvalue weighted by Gasteiger charge is 2.41. The lowest BCUT2D eigenvalue weighted by Gasteiger charge is -2.28. The lowest BCUT2D eigenvalue weighted by atomic mass is 9.78. The summed E-state index contributed by atoms with van der Waals surface area (Å²) in [7, 11) is 1.59. The summed E-state index contributed by atoms with van der Waals surface area (Å²) in [6, 6.07) is 33.0. The molecule has 2 N–H and O–H groups in total. The topological polar surface area (TPSA) is 130 Å². The van der Waals surface area contributed by atoms with Gasteiger partial charge in [0.15, 0.2) is 0 Å². The number of esters is 1. The second-order valence-electron chi connectivity index (χ2n) is 11.7. The first-order valence-electron chi connectivity index (χ1n) is 15.3. The van der Waals surface area contributed by atoms with Crippen LogP contribution in [0.2, 0.25) is 0 Å². The average molecular weight is 627 g/mol. The van der Waals surface area contributed by atoms with Crippen molar-refractivity contribution >= 4 is 11.9 Å². The monoisotopic (exact) mass is 626 g/mol. The molecule has 2 unspecified atom stereocenters. The molecule has 2 atom stereocenters. The van der Waals surface area contributed by atoms with Crippen LogP contribution in [-0.2, 0) is 11.3 Å². The molecular formula is C38H34N4O5. The molecule has 47 heavy (non-hydrogen) atoms. The van der Waals surface area contributed by atoms with Crippen LogP contribution in [0, 0.1) is 28.6 Å². The maximum atomic E-state index is 12.3. The van der Waals surface area contributed by atoms with Crippen LogP contribution in [-0.4, -0.2) is 35.8 Å². The molecular weight excluding hydrogens is 592 g/mol. The molecule has 2 heterocycles. The van der Waals surface area contributed by atoms with Gasteiger partial charge in [0.25, 0.3) is 0 Å². The maximum absolute atomic E-state index is 12.3. The van der Waals surface area contributed by atoms with E-state index in [9.17, 15) is 10.1 Å². The van der Waals surface area contributed by atoms with E-state index in [2.05, 4.69) is 28.4 Å². The number of benzene rings is 4. The molecule has 4 aromatic carbocycles. The van der Waals surface area contributed by atoms with Gasteiger partial charge in [0.1, 0.15) is 24.0 Å². The van der Waals surface area contributed by atoms with Crippen LogP contribution in [0.4, 0.5) is 0 Å². The van der Waals surface area contributed by atoms with Gasteiger partial charge in [0.05, 0.1) is 36.6 Å². The molecule has 0 saturated heterocycles. The number of ether oxygens (including phenoxy) is 4. The van der Waals surface area contributed by atoms with Crippen molar-refractivity contribution < 1.29 is 23.7 Å². The van der Waals surface area contributed by atoms with E-state index in [4.69, 9.17) is 24.4 Å². The van der Waals surface area contributed by atoms with Crippen LogP contribution in [0.5, 0.6) is 17.4 Å². The lowest BCUT2D eigenvalue weighted by Crippen LogP contribution is -2.31. The number of H-pyrrole nitrogens is 1. The maximum Gasteiger partial charge on any atom is 0.338 e. The minimum absolute atomic E-state index is 0.164. The zero-order chi connectivity index (χ0) is 32.9. The van der Waals surface area contributed by atoms with E-state index in [1.54, 1.807) is 31.4 Å². The van der Waals surface area contributed by atoms with Crippen molar-refractivity contribution in [2.75, 3.05) is 13.7 Å². The van der Waals surface area contributed by atoms with Gasteiger partial charge in [0.2, 0.25) is 11.8 Å². The first-order valence-corrected chi connectivity index (χ1v) is 15.3. The zero-order valence-electron chi connectivity index (χ0n) is 26.3. The quantitative estimate of drug-likeness (QED) is 0.151. The van der Waals surface area contributed by atoms with E-state index in [0.29, 0.717) is 29.2 Å². The number of carbonyl (C=O) groups excluding carboxylic acids is 1. The van der Waals surface area contributed by atoms with Crippen molar-refractivity contribution in [3.63, 3.8) is 0 Å². The van der Waals surface area contributed by atoms with Crippen LogP contribution in [0.25, 0.3) is 22.4 Å². The Hall–Kier alpha value is -5.88. The zero-order valence-corrected chi connectivity index (χ0v) is 26.3. The summed E-state index contributed by atoms with van der Waals surface area (Å²) in [5.74, 6) is -0.259. The number of carbonyl (C=O) groups is 1. The minimum Gasteiger partial charge on any atom is -0.496 e. The third-order valence-electron chi connectivity index (χ3n) is 8.02. The minimum atomic E-state index is -0.882. The van der Waals surface area contributed by atoms with Gasteiger partial charge >= 0.3 is 5.97 Å². The van der Waals surface area contributed by atoms with Gasteiger partial charge in [-0.2, -0.15) is 5.26 Å². The Morgan fingerprint density at radius 3 is 2.36 bits per heavy atom. The first kappa shape index (κ1) is 31.1. The molecule has 5 aromatic rings. The Balaban J connectivity index is 1.29. The van der Waals surface area contributed by atoms with E-state index in [1.165, 1.54) is 0 Å². The number of aromatic nitrogens is 2. The Morgan fingerprint density at radius 2 is 1.68 bits per heavy atom. The number of aromatic amines is 1. The van der Waals surface area contributed by atoms with Crippen molar-refractivity contribution in [1.29, 1.82) is 10.7 Å². The Morgan fingerprint density at radius 1 is 0.979 bits per heavy atom. The number of nitrogens with one attached hydrogen (secondary N) is 2. The Bertz CT molecular complexity index is 1930. The molecule has 0 aliphatic carbocycles. The van der Waals surface area contributed by atoms with Crippen molar-refractivity contribution in [3.8, 4) is 45.8 Å². The van der Waals surface area contributed by atoms with E-state index in [0.717, 1.165) is 33.5 Å². The van der Waals surface area contributed by atoms with Crippen LogP contribution >= 0.6 is 0 Å². The summed E-state index contributed by atoms with van der Waals surface area (Å²) in [6.45, 7) is 4.49. The van der Waals surface area contributed by atoms with Gasteiger partial charge in [-0.3, -0.25) is 10.5 Å². The van der Waals surface area contributed by atoms with Crippen LogP contribution in [0.1, 0.15) is 46.8 Å². The molecule has 9 heteroatoms. The molecule has 1 aliphatic rings. The largest absolute Gasteiger partial charge is 0.496 e. The van der Waals surface area contributed by atoms with Crippen molar-refractivity contribution in [3.05, 3.63) is 119 Å². The van der Waals surface area contributed by atoms with E-state index in [1.807, 2.05) is 74.5 Å². The number of hydrogen-bond acceptors (Lipinski definition) is 8. The van der Waals surface area contributed by atoms with E-state index in [-0.39, 0.29) is 30.3 Å². The third-order valence-corrected chi connectivity index (χ3v) is 8.02. The molecule has 9 nitrogen and oxygen atoms in total. The highest BCUT2D eigenvalue weighted by Crippen LogP contribution is 2.46. The number of nitriles is 1. The predicted octanol–water partition coefficient (Wildman–Crippen LogP) is 7.79. The standard InChI is InChI=1S/C38H34N4O5/c1-23(2)21-46-38(43)27-13-16-30(17-14-27)45-22-29-19-28(15-18-32(29)44-3)33-31(20-39)36(40)47-37-34(33)35(41-42-37)26-11-9-25(10-12-26)24-7-5-4-6-8-24/h4-19,23,31,33,40H,21-22H2,1-3H3,(H,41,42). The first-order chi connectivity index (χ1) is 22.9. The van der Waals surface area contributed by atoms with Crippen LogP contribution in [0.3, 0.4) is 0 Å². The van der Waals surface area contributed by atoms with E-state index < -0.39 is 11.8 Å². The van der Waals surface area contributed by atoms with Crippen molar-refractivity contribution in [1.82, 2.24) is 10.2 Å². The van der Waals surface area contributed by atoms with Gasteiger partial charge in [-0.05, 0) is 59.0 Å². The Labute approximate surface area is 273 Å². The van der Waals surface area contributed by atoms with Crippen molar-refractivity contribution in [2.45, 2.75) is 26.4 Å². The number of rotatable bonds is 10. The van der Waals surface area contributed by atoms with Gasteiger partial charge < -0.3 is 18.9 Å². The lowest BCUT2D eigenvalue weighted by molar-refractivity contribution is 0.0459. The molecule has 0 spiro atoms. The molecule has 0 saturated carbocycles. The third kappa shape index (κ3) is 6.58. The average Bonchev–Trinajstić information content (AvgIpc) is 3.52. The number of hydrogen-bond donors (Lipinski definition) is 2. The van der Waals surface area contributed by atoms with Crippen molar-refractivity contribution in [2.24, 2.45) is 11.8 Å². The predicted molar refractivity (Wildman–Crippen MR) is 178 cm³/mol. The second kappa shape index (κ2) is 13.6. The number of methoxy groups -OCH3 is 1. The molecule has 236 valence electrons. The molecule has 6 rings (SSSR count). The summed E-state index contributed by atoms with van der Waals surface area (Å²) in [4.78, 5) is 12.3. The normalized spacial score (nSPS) is 15.3. The SMILES string of the molecule is COc1ccc(C2c3c(n[nH]c3-c3ccc(-c4ccccc4)cc3)OC(=N)C2C#N)cc1COc1ccc(C(=O)OCC(C)C)cc1. The van der Waals surface area contributed by atoms with Crippen LogP contribution < -0.4 is 14.2 Å². The van der Waals surface area contributed by atoms with E-state index >= 15 is 0 Å². The smallest absolute Gasteiger partial charge is 0.338 e. The Kier molecular flexibility index (Phi) is 9.02. The second-order valence-corrected chi connectivity index (χ2v) is 11.7. The van der Waals surface area contributed by atoms with Gasteiger partial charge in [0, 0.05) is 17.0 Å². The summed E-state index contributed by atoms with van der Waals surface area (Å²) < 4.78 is 22.8. The molecule has 1 aliphatic heterocycles. The summed E-state index contributed by atoms with van der Waals surface area (Å²) in [6.07, 6.45) is 0. The van der Waals surface area contributed by atoms with Gasteiger partial charge in [-0.25, -0.2) is 4.79 Å². The highest BCUT2D eigenvalue weighted by atomic mass is 16.5. The fourth-order valence-electron chi connectivity index (χ4n) is 5.64. The molecule has 1 aromatic heterocycles. The fourth-order valence-corrected chi connectivity index (χ4v) is 5.64.